The van der Waals surface area contributed by atoms with Gasteiger partial charge in [0.05, 0.1) is 5.33 Å². The number of hydrogen-bond donors (Lipinski definition) is 0. The number of benzene rings is 1. The van der Waals surface area contributed by atoms with E-state index in [2.05, 4.69) is 42.1 Å². The minimum Gasteiger partial charge on any atom is -0.313 e. The Morgan fingerprint density at radius 1 is 1.31 bits per heavy atom. The lowest BCUT2D eigenvalue weighted by Crippen LogP contribution is -1.97. The normalized spacial score (nSPS) is 10.8. The highest BCUT2D eigenvalue weighted by Crippen LogP contribution is 2.23. The maximum Gasteiger partial charge on any atom is 0.163 e. The molecule has 0 atom stereocenters. The van der Waals surface area contributed by atoms with Gasteiger partial charge in [0.15, 0.2) is 5.82 Å². The van der Waals surface area contributed by atoms with Gasteiger partial charge in [0.25, 0.3) is 0 Å². The van der Waals surface area contributed by atoms with Crippen molar-refractivity contribution < 1.29 is 4.39 Å². The van der Waals surface area contributed by atoms with Crippen molar-refractivity contribution in [3.05, 3.63) is 34.3 Å². The van der Waals surface area contributed by atoms with Crippen LogP contribution in [-0.2, 0) is 12.4 Å². The Labute approximate surface area is 109 Å². The Morgan fingerprint density at radius 3 is 2.62 bits per heavy atom. The molecule has 0 saturated carbocycles. The molecule has 1 aromatic heterocycles. The highest BCUT2D eigenvalue weighted by atomic mass is 79.9. The largest absolute Gasteiger partial charge is 0.313 e. The molecular weight excluding hydrogens is 341 g/mol. The number of aromatic nitrogens is 3. The lowest BCUT2D eigenvalue weighted by atomic mass is 10.2. The maximum atomic E-state index is 13.2. The van der Waals surface area contributed by atoms with Crippen molar-refractivity contribution in [3.63, 3.8) is 0 Å². The van der Waals surface area contributed by atoms with Gasteiger partial charge in [-0.3, -0.25) is 0 Å². The third-order valence-corrected chi connectivity index (χ3v) is 3.16. The van der Waals surface area contributed by atoms with Gasteiger partial charge in [0, 0.05) is 17.1 Å². The number of rotatable bonds is 2. The molecule has 2 rings (SSSR count). The van der Waals surface area contributed by atoms with Crippen LogP contribution in [0.2, 0.25) is 0 Å². The molecule has 0 bridgehead atoms. The van der Waals surface area contributed by atoms with Crippen molar-refractivity contribution in [3.8, 4) is 11.4 Å². The molecule has 16 heavy (non-hydrogen) atoms. The van der Waals surface area contributed by atoms with Gasteiger partial charge < -0.3 is 4.57 Å². The Hall–Kier alpha value is -0.750. The zero-order chi connectivity index (χ0) is 11.7. The van der Waals surface area contributed by atoms with Gasteiger partial charge in [0.2, 0.25) is 0 Å². The first kappa shape index (κ1) is 11.7. The van der Waals surface area contributed by atoms with Crippen molar-refractivity contribution >= 4 is 31.9 Å². The Balaban J connectivity index is 2.54. The maximum absolute atomic E-state index is 13.2. The van der Waals surface area contributed by atoms with Crippen molar-refractivity contribution in [1.82, 2.24) is 14.8 Å². The van der Waals surface area contributed by atoms with Crippen LogP contribution in [0.5, 0.6) is 0 Å². The molecule has 0 aliphatic rings. The highest BCUT2D eigenvalue weighted by molar-refractivity contribution is 9.10. The zero-order valence-electron chi connectivity index (χ0n) is 8.41. The van der Waals surface area contributed by atoms with Crippen LogP contribution in [0.1, 0.15) is 5.82 Å². The standard InChI is InChI=1S/C10H8Br2FN3/c1-16-9(5-11)14-15-10(16)6-2-7(12)4-8(13)3-6/h2-4H,5H2,1H3. The number of halogens is 3. The third-order valence-electron chi connectivity index (χ3n) is 2.21. The minimum absolute atomic E-state index is 0.298. The molecule has 0 fully saturated rings. The van der Waals surface area contributed by atoms with Crippen LogP contribution in [-0.4, -0.2) is 14.8 Å². The lowest BCUT2D eigenvalue weighted by Gasteiger charge is -2.03. The number of hydrogen-bond acceptors (Lipinski definition) is 2. The average molecular weight is 349 g/mol. The Bertz CT molecular complexity index is 505. The lowest BCUT2D eigenvalue weighted by molar-refractivity contribution is 0.627. The van der Waals surface area contributed by atoms with Crippen LogP contribution in [0.25, 0.3) is 11.4 Å². The van der Waals surface area contributed by atoms with Crippen LogP contribution in [0.15, 0.2) is 22.7 Å². The average Bonchev–Trinajstić information content (AvgIpc) is 2.58. The van der Waals surface area contributed by atoms with Gasteiger partial charge in [-0.1, -0.05) is 31.9 Å². The quantitative estimate of drug-likeness (QED) is 0.780. The van der Waals surface area contributed by atoms with E-state index in [4.69, 9.17) is 0 Å². The second-order valence-corrected chi connectivity index (χ2v) is 4.77. The van der Waals surface area contributed by atoms with Crippen molar-refractivity contribution in [1.29, 1.82) is 0 Å². The van der Waals surface area contributed by atoms with Gasteiger partial charge in [-0.2, -0.15) is 0 Å². The van der Waals surface area contributed by atoms with E-state index in [0.29, 0.717) is 21.2 Å². The van der Waals surface area contributed by atoms with Gasteiger partial charge in [0.1, 0.15) is 11.6 Å². The van der Waals surface area contributed by atoms with E-state index in [1.807, 2.05) is 17.7 Å². The van der Waals surface area contributed by atoms with Gasteiger partial charge in [-0.25, -0.2) is 4.39 Å². The molecule has 2 aromatic rings. The summed E-state index contributed by atoms with van der Waals surface area (Å²) >= 11 is 6.57. The first-order chi connectivity index (χ1) is 7.61. The zero-order valence-corrected chi connectivity index (χ0v) is 11.6. The molecule has 0 aliphatic heterocycles. The van der Waals surface area contributed by atoms with Crippen LogP contribution >= 0.6 is 31.9 Å². The predicted octanol–water partition coefficient (Wildman–Crippen LogP) is 3.28. The molecule has 1 aromatic carbocycles. The number of nitrogens with zero attached hydrogens (tertiary/aromatic N) is 3. The first-order valence-corrected chi connectivity index (χ1v) is 6.44. The van der Waals surface area contributed by atoms with Crippen molar-refractivity contribution in [2.75, 3.05) is 0 Å². The topological polar surface area (TPSA) is 30.7 Å². The molecule has 0 radical (unpaired) electrons. The summed E-state index contributed by atoms with van der Waals surface area (Å²) < 4.78 is 15.8. The molecule has 84 valence electrons. The predicted molar refractivity (Wildman–Crippen MR) is 66.7 cm³/mol. The monoisotopic (exact) mass is 347 g/mol. The van der Waals surface area contributed by atoms with E-state index in [-0.39, 0.29) is 5.82 Å². The molecule has 0 aliphatic carbocycles. The van der Waals surface area contributed by atoms with Gasteiger partial charge in [-0.05, 0) is 18.2 Å². The fraction of sp³-hybridized carbons (Fsp3) is 0.200. The number of alkyl halides is 1. The summed E-state index contributed by atoms with van der Waals surface area (Å²) in [5.74, 6) is 1.15. The third kappa shape index (κ3) is 2.17. The first-order valence-electron chi connectivity index (χ1n) is 4.52. The summed E-state index contributed by atoms with van der Waals surface area (Å²) in [5, 5.41) is 8.65. The molecular formula is C10H8Br2FN3. The second kappa shape index (κ2) is 4.63. The Kier molecular flexibility index (Phi) is 3.39. The summed E-state index contributed by atoms with van der Waals surface area (Å²) in [7, 11) is 1.85. The summed E-state index contributed by atoms with van der Waals surface area (Å²) in [4.78, 5) is 0. The van der Waals surface area contributed by atoms with Gasteiger partial charge in [-0.15, -0.1) is 10.2 Å². The van der Waals surface area contributed by atoms with Crippen molar-refractivity contribution in [2.24, 2.45) is 7.05 Å². The summed E-state index contributed by atoms with van der Waals surface area (Å²) in [5.41, 5.74) is 0.703. The van der Waals surface area contributed by atoms with E-state index >= 15 is 0 Å². The molecule has 3 nitrogen and oxygen atoms in total. The van der Waals surface area contributed by atoms with Crippen LogP contribution in [0.3, 0.4) is 0 Å². The van der Waals surface area contributed by atoms with Crippen LogP contribution in [0.4, 0.5) is 4.39 Å². The fourth-order valence-corrected chi connectivity index (χ4v) is 2.37. The van der Waals surface area contributed by atoms with Crippen LogP contribution in [0, 0.1) is 5.82 Å². The summed E-state index contributed by atoms with van der Waals surface area (Å²) in [6.45, 7) is 0. The van der Waals surface area contributed by atoms with E-state index < -0.39 is 0 Å². The highest BCUT2D eigenvalue weighted by Gasteiger charge is 2.11. The molecule has 0 spiro atoms. The smallest absolute Gasteiger partial charge is 0.163 e. The van der Waals surface area contributed by atoms with Gasteiger partial charge >= 0.3 is 0 Å². The molecule has 0 N–H and O–H groups in total. The molecule has 0 amide bonds. The van der Waals surface area contributed by atoms with Crippen LogP contribution < -0.4 is 0 Å². The van der Waals surface area contributed by atoms with Crippen molar-refractivity contribution in [2.45, 2.75) is 5.33 Å². The Morgan fingerprint density at radius 2 is 2.06 bits per heavy atom. The summed E-state index contributed by atoms with van der Waals surface area (Å²) in [6, 6.07) is 4.66. The van der Waals surface area contributed by atoms with E-state index in [0.717, 1.165) is 5.82 Å². The summed E-state index contributed by atoms with van der Waals surface area (Å²) in [6.07, 6.45) is 0. The molecule has 0 saturated heterocycles. The molecule has 0 unspecified atom stereocenters. The van der Waals surface area contributed by atoms with E-state index in [1.54, 1.807) is 0 Å². The fourth-order valence-electron chi connectivity index (χ4n) is 1.41. The SMILES string of the molecule is Cn1c(CBr)nnc1-c1cc(F)cc(Br)c1. The second-order valence-electron chi connectivity index (χ2n) is 3.29. The molecule has 1 heterocycles. The minimum atomic E-state index is -0.298. The van der Waals surface area contributed by atoms with E-state index in [9.17, 15) is 4.39 Å². The molecule has 6 heteroatoms. The van der Waals surface area contributed by atoms with E-state index in [1.165, 1.54) is 12.1 Å².